The topological polar surface area (TPSA) is 61.0 Å². The average molecular weight is 269 g/mol. The first-order chi connectivity index (χ1) is 9.72. The first-order valence-electron chi connectivity index (χ1n) is 6.50. The van der Waals surface area contributed by atoms with Crippen LogP contribution in [0.25, 0.3) is 22.3 Å². The van der Waals surface area contributed by atoms with Crippen LogP contribution in [0.15, 0.2) is 28.8 Å². The molecule has 2 aromatic heterocycles. The van der Waals surface area contributed by atoms with Crippen LogP contribution >= 0.6 is 0 Å². The van der Waals surface area contributed by atoms with E-state index in [0.717, 1.165) is 22.0 Å². The zero-order valence-corrected chi connectivity index (χ0v) is 11.7. The van der Waals surface area contributed by atoms with E-state index in [9.17, 15) is 0 Å². The van der Waals surface area contributed by atoms with Gasteiger partial charge in [-0.1, -0.05) is 30.3 Å². The number of rotatable bonds is 3. The third kappa shape index (κ3) is 2.01. The molecule has 0 spiro atoms. The van der Waals surface area contributed by atoms with Crippen LogP contribution < -0.4 is 4.74 Å². The lowest BCUT2D eigenvalue weighted by atomic mass is 10.1. The van der Waals surface area contributed by atoms with Crippen molar-refractivity contribution in [2.75, 3.05) is 7.11 Å². The summed E-state index contributed by atoms with van der Waals surface area (Å²) < 4.78 is 10.5. The molecule has 20 heavy (non-hydrogen) atoms. The molecular formula is C15H15N3O2. The van der Waals surface area contributed by atoms with Gasteiger partial charge >= 0.3 is 0 Å². The van der Waals surface area contributed by atoms with E-state index in [4.69, 9.17) is 9.26 Å². The number of para-hydroxylation sites is 1. The van der Waals surface area contributed by atoms with E-state index < -0.39 is 0 Å². The Labute approximate surface area is 116 Å². The number of nitrogens with zero attached hydrogens (tertiary/aromatic N) is 3. The van der Waals surface area contributed by atoms with Crippen molar-refractivity contribution in [1.82, 2.24) is 15.1 Å². The molecule has 5 nitrogen and oxygen atoms in total. The molecule has 0 bridgehead atoms. The van der Waals surface area contributed by atoms with Gasteiger partial charge < -0.3 is 9.26 Å². The van der Waals surface area contributed by atoms with Crippen molar-refractivity contribution < 1.29 is 9.26 Å². The second-order valence-corrected chi connectivity index (χ2v) is 4.56. The van der Waals surface area contributed by atoms with Crippen LogP contribution in [0, 0.1) is 6.92 Å². The number of ether oxygens (including phenoxy) is 1. The number of pyridine rings is 1. The zero-order valence-electron chi connectivity index (χ0n) is 11.7. The van der Waals surface area contributed by atoms with Crippen molar-refractivity contribution in [1.29, 1.82) is 0 Å². The fourth-order valence-corrected chi connectivity index (χ4v) is 2.15. The highest BCUT2D eigenvalue weighted by atomic mass is 16.5. The molecule has 1 aromatic carbocycles. The Bertz CT molecular complexity index is 765. The molecule has 102 valence electrons. The van der Waals surface area contributed by atoms with Crippen molar-refractivity contribution in [3.63, 3.8) is 0 Å². The Hall–Kier alpha value is -2.43. The lowest BCUT2D eigenvalue weighted by molar-refractivity contribution is 0.381. The summed E-state index contributed by atoms with van der Waals surface area (Å²) in [6.45, 7) is 3.99. The molecule has 0 aliphatic rings. The van der Waals surface area contributed by atoms with Crippen LogP contribution in [0.2, 0.25) is 0 Å². The molecule has 3 aromatic rings. The molecule has 0 atom stereocenters. The molecule has 3 rings (SSSR count). The Balaban J connectivity index is 2.23. The summed E-state index contributed by atoms with van der Waals surface area (Å²) in [5, 5.41) is 5.02. The normalized spacial score (nSPS) is 10.9. The van der Waals surface area contributed by atoms with Crippen LogP contribution in [0.4, 0.5) is 0 Å². The zero-order chi connectivity index (χ0) is 14.1. The molecule has 0 unspecified atom stereocenters. The molecule has 5 heteroatoms. The maximum absolute atomic E-state index is 5.37. The average Bonchev–Trinajstić information content (AvgIpc) is 2.95. The predicted molar refractivity (Wildman–Crippen MR) is 75.7 cm³/mol. The number of aromatic nitrogens is 3. The van der Waals surface area contributed by atoms with E-state index in [2.05, 4.69) is 15.1 Å². The summed E-state index contributed by atoms with van der Waals surface area (Å²) >= 11 is 0. The second kappa shape index (κ2) is 4.92. The Morgan fingerprint density at radius 3 is 2.80 bits per heavy atom. The summed E-state index contributed by atoms with van der Waals surface area (Å²) in [5.74, 6) is 1.62. The van der Waals surface area contributed by atoms with Crippen LogP contribution in [-0.4, -0.2) is 22.2 Å². The summed E-state index contributed by atoms with van der Waals surface area (Å²) in [4.78, 5) is 8.90. The van der Waals surface area contributed by atoms with Crippen molar-refractivity contribution in [2.45, 2.75) is 20.3 Å². The van der Waals surface area contributed by atoms with Crippen LogP contribution in [0.3, 0.4) is 0 Å². The SMILES string of the molecule is CCc1nc(-c2cc3cccc(C)c3nc2OC)no1. The van der Waals surface area contributed by atoms with Crippen LogP contribution in [0.5, 0.6) is 5.88 Å². The molecule has 0 N–H and O–H groups in total. The van der Waals surface area contributed by atoms with Gasteiger partial charge in [0.05, 0.1) is 18.2 Å². The minimum Gasteiger partial charge on any atom is -0.480 e. The Kier molecular flexibility index (Phi) is 3.10. The molecule has 0 saturated heterocycles. The molecule has 0 aliphatic heterocycles. The minimum absolute atomic E-state index is 0.509. The van der Waals surface area contributed by atoms with Gasteiger partial charge in [0.1, 0.15) is 0 Å². The molecule has 2 heterocycles. The summed E-state index contributed by atoms with van der Waals surface area (Å²) in [5.41, 5.74) is 2.77. The third-order valence-corrected chi connectivity index (χ3v) is 3.22. The van der Waals surface area contributed by atoms with Gasteiger partial charge in [-0.15, -0.1) is 0 Å². The first-order valence-corrected chi connectivity index (χ1v) is 6.50. The monoisotopic (exact) mass is 269 g/mol. The number of hydrogen-bond donors (Lipinski definition) is 0. The van der Waals surface area contributed by atoms with Crippen molar-refractivity contribution in [3.05, 3.63) is 35.7 Å². The van der Waals surface area contributed by atoms with E-state index >= 15 is 0 Å². The number of fused-ring (bicyclic) bond motifs is 1. The molecular weight excluding hydrogens is 254 g/mol. The van der Waals surface area contributed by atoms with E-state index in [1.165, 1.54) is 0 Å². The van der Waals surface area contributed by atoms with E-state index in [0.29, 0.717) is 24.0 Å². The van der Waals surface area contributed by atoms with Gasteiger partial charge in [0.15, 0.2) is 0 Å². The highest BCUT2D eigenvalue weighted by Gasteiger charge is 2.15. The molecule has 0 amide bonds. The molecule has 0 fully saturated rings. The van der Waals surface area contributed by atoms with Gasteiger partial charge in [-0.2, -0.15) is 4.98 Å². The summed E-state index contributed by atoms with van der Waals surface area (Å²) in [6.07, 6.45) is 0.704. The molecule has 0 saturated carbocycles. The van der Waals surface area contributed by atoms with Gasteiger partial charge in [0, 0.05) is 11.8 Å². The number of methoxy groups -OCH3 is 1. The van der Waals surface area contributed by atoms with Gasteiger partial charge in [-0.25, -0.2) is 4.98 Å². The third-order valence-electron chi connectivity index (χ3n) is 3.22. The summed E-state index contributed by atoms with van der Waals surface area (Å²) in [6, 6.07) is 8.03. The lowest BCUT2D eigenvalue weighted by Crippen LogP contribution is -1.95. The molecule has 0 aliphatic carbocycles. The van der Waals surface area contributed by atoms with E-state index in [1.807, 2.05) is 38.1 Å². The number of hydrogen-bond acceptors (Lipinski definition) is 5. The minimum atomic E-state index is 0.509. The Morgan fingerprint density at radius 1 is 1.25 bits per heavy atom. The van der Waals surface area contributed by atoms with Crippen LogP contribution in [0.1, 0.15) is 18.4 Å². The van der Waals surface area contributed by atoms with Crippen molar-refractivity contribution in [3.8, 4) is 17.3 Å². The second-order valence-electron chi connectivity index (χ2n) is 4.56. The maximum atomic E-state index is 5.37. The Morgan fingerprint density at radius 2 is 2.10 bits per heavy atom. The lowest BCUT2D eigenvalue weighted by Gasteiger charge is -2.07. The smallest absolute Gasteiger partial charge is 0.226 e. The van der Waals surface area contributed by atoms with Crippen molar-refractivity contribution >= 4 is 10.9 Å². The fraction of sp³-hybridized carbons (Fsp3) is 0.267. The largest absolute Gasteiger partial charge is 0.480 e. The van der Waals surface area contributed by atoms with Gasteiger partial charge in [-0.05, 0) is 18.6 Å². The van der Waals surface area contributed by atoms with Gasteiger partial charge in [0.25, 0.3) is 0 Å². The fourth-order valence-electron chi connectivity index (χ4n) is 2.15. The standard InChI is InChI=1S/C15H15N3O2/c1-4-12-16-14(18-20-12)11-8-10-7-5-6-9(2)13(10)17-15(11)19-3/h5-8H,4H2,1-3H3. The first kappa shape index (κ1) is 12.6. The highest BCUT2D eigenvalue weighted by Crippen LogP contribution is 2.30. The van der Waals surface area contributed by atoms with E-state index in [-0.39, 0.29) is 0 Å². The van der Waals surface area contributed by atoms with Crippen molar-refractivity contribution in [2.24, 2.45) is 0 Å². The highest BCUT2D eigenvalue weighted by molar-refractivity contribution is 5.87. The number of aryl methyl sites for hydroxylation is 2. The van der Waals surface area contributed by atoms with Gasteiger partial charge in [-0.3, -0.25) is 0 Å². The quantitative estimate of drug-likeness (QED) is 0.730. The number of benzene rings is 1. The van der Waals surface area contributed by atoms with Crippen LogP contribution in [-0.2, 0) is 6.42 Å². The molecule has 0 radical (unpaired) electrons. The van der Waals surface area contributed by atoms with E-state index in [1.54, 1.807) is 7.11 Å². The van der Waals surface area contributed by atoms with Gasteiger partial charge in [0.2, 0.25) is 17.6 Å². The maximum Gasteiger partial charge on any atom is 0.226 e. The summed E-state index contributed by atoms with van der Waals surface area (Å²) in [7, 11) is 1.59. The predicted octanol–water partition coefficient (Wildman–Crippen LogP) is 3.16.